The Kier molecular flexibility index (Phi) is 34.9. The van der Waals surface area contributed by atoms with E-state index in [4.69, 9.17) is 32.4 Å². The molecule has 0 saturated carbocycles. The van der Waals surface area contributed by atoms with Crippen LogP contribution in [-0.2, 0) is 20.9 Å². The van der Waals surface area contributed by atoms with Crippen molar-refractivity contribution in [2.24, 2.45) is 17.7 Å². The van der Waals surface area contributed by atoms with Gasteiger partial charge in [0.05, 0.1) is 37.1 Å². The molecule has 1 rings (SSSR count). The first-order valence-electron chi connectivity index (χ1n) is 23.3. The number of nitrogens with two attached hydrogens (primary N) is 2. The maximum absolute atomic E-state index is 6.69. The summed E-state index contributed by atoms with van der Waals surface area (Å²) in [5.74, 6) is 8.41. The summed E-state index contributed by atoms with van der Waals surface area (Å²) in [5, 5.41) is 9.10. The third kappa shape index (κ3) is 28.1. The second-order valence-corrected chi connectivity index (χ2v) is 22.6. The fraction of sp³-hybridized carbons (Fsp3) is 0.867. The molecule has 2 atom stereocenters. The molecule has 0 radical (unpaired) electrons. The van der Waals surface area contributed by atoms with Crippen LogP contribution in [0.2, 0.25) is 0 Å². The van der Waals surface area contributed by atoms with Gasteiger partial charge in [0.1, 0.15) is 0 Å². The van der Waals surface area contributed by atoms with Crippen LogP contribution in [-0.4, -0.2) is 63.4 Å². The Morgan fingerprint density at radius 3 is 1.66 bits per heavy atom. The summed E-state index contributed by atoms with van der Waals surface area (Å²) in [5.41, 5.74) is 6.50. The topological polar surface area (TPSA) is 101 Å². The molecule has 0 aliphatic rings. The first-order chi connectivity index (χ1) is 27.2. The summed E-state index contributed by atoms with van der Waals surface area (Å²) in [6, 6.07) is 6.07. The molecule has 56 heavy (non-hydrogen) atoms. The van der Waals surface area contributed by atoms with Crippen molar-refractivity contribution >= 4 is 40.3 Å². The summed E-state index contributed by atoms with van der Waals surface area (Å²) in [4.78, 5) is 2.37. The van der Waals surface area contributed by atoms with E-state index in [0.717, 1.165) is 69.7 Å². The standard InChI is InChI=1S/C45H91N6O2PS2/c1-7-12-15-16-17-18-19-20-21-22-23-24-31-48-32-25-33-49-34-26-35-50(39-51(47)45-30-29-41(6)36-44(45)46)40-56-54(55,52-37-42(10-4)27-13-8-2)53-38-43(11-5)28-14-9-3/h29-30,36,42-43,48-49H,7-28,31-35,37-40,46-47H2,1-6H3. The molecule has 330 valence electrons. The molecule has 0 amide bonds. The van der Waals surface area contributed by atoms with E-state index in [-0.39, 0.29) is 0 Å². The lowest BCUT2D eigenvalue weighted by Gasteiger charge is -2.32. The van der Waals surface area contributed by atoms with Gasteiger partial charge >= 0.3 is 0 Å². The van der Waals surface area contributed by atoms with E-state index in [1.54, 1.807) is 16.4 Å². The molecule has 0 bridgehead atoms. The zero-order valence-corrected chi connectivity index (χ0v) is 40.0. The van der Waals surface area contributed by atoms with Crippen molar-refractivity contribution in [3.8, 4) is 0 Å². The third-order valence-corrected chi connectivity index (χ3v) is 16.2. The average Bonchev–Trinajstić information content (AvgIpc) is 3.19. The molecule has 1 aromatic rings. The number of nitrogens with zero attached hydrogens (tertiary/aromatic N) is 2. The van der Waals surface area contributed by atoms with Crippen LogP contribution in [0.15, 0.2) is 18.2 Å². The number of hydrogen-bond donors (Lipinski definition) is 4. The lowest BCUT2D eigenvalue weighted by atomic mass is 10.0. The third-order valence-electron chi connectivity index (χ3n) is 11.0. The van der Waals surface area contributed by atoms with Crippen LogP contribution in [0.4, 0.5) is 11.4 Å². The minimum absolute atomic E-state index is 0.513. The van der Waals surface area contributed by atoms with Gasteiger partial charge in [0.15, 0.2) is 0 Å². The predicted octanol–water partition coefficient (Wildman–Crippen LogP) is 12.6. The van der Waals surface area contributed by atoms with Crippen molar-refractivity contribution in [1.29, 1.82) is 0 Å². The smallest absolute Gasteiger partial charge is 0.248 e. The van der Waals surface area contributed by atoms with Crippen LogP contribution in [0.3, 0.4) is 0 Å². The highest BCUT2D eigenvalue weighted by Gasteiger charge is 2.26. The van der Waals surface area contributed by atoms with Crippen LogP contribution in [0.1, 0.15) is 181 Å². The molecule has 0 aliphatic carbocycles. The van der Waals surface area contributed by atoms with Gasteiger partial charge in [0.2, 0.25) is 5.69 Å². The highest BCUT2D eigenvalue weighted by molar-refractivity contribution is 8.67. The largest absolute Gasteiger partial charge is 0.397 e. The van der Waals surface area contributed by atoms with Gasteiger partial charge < -0.3 is 25.4 Å². The Morgan fingerprint density at radius 1 is 0.679 bits per heavy atom. The summed E-state index contributed by atoms with van der Waals surface area (Å²) < 4.78 is 13.3. The Labute approximate surface area is 356 Å². The maximum atomic E-state index is 6.69. The van der Waals surface area contributed by atoms with Gasteiger partial charge in [-0.25, -0.2) is 5.84 Å². The van der Waals surface area contributed by atoms with E-state index in [0.29, 0.717) is 43.3 Å². The lowest BCUT2D eigenvalue weighted by molar-refractivity contribution is 0.188. The van der Waals surface area contributed by atoms with E-state index in [1.165, 1.54) is 116 Å². The number of rotatable bonds is 41. The molecular weight excluding hydrogens is 752 g/mol. The Balaban J connectivity index is 2.61. The molecule has 0 aliphatic heterocycles. The van der Waals surface area contributed by atoms with Gasteiger partial charge in [0, 0.05) is 6.54 Å². The SMILES string of the molecule is CCCCCCCCCCCCCCNCCCNCCCN(CSP(=S)(OCC(CC)CCCC)OCC(CC)CCCC)CN(N)c1ccc(C)cc1N. The summed E-state index contributed by atoms with van der Waals surface area (Å²) in [6.07, 6.45) is 28.4. The summed E-state index contributed by atoms with van der Waals surface area (Å²) in [6.45, 7) is 20.4. The van der Waals surface area contributed by atoms with Gasteiger partial charge in [-0.15, -0.1) is 0 Å². The quantitative estimate of drug-likeness (QED) is 0.0127. The lowest BCUT2D eigenvalue weighted by Crippen LogP contribution is -2.43. The van der Waals surface area contributed by atoms with E-state index >= 15 is 0 Å². The fourth-order valence-corrected chi connectivity index (χ4v) is 11.0. The van der Waals surface area contributed by atoms with Crippen LogP contribution in [0.5, 0.6) is 0 Å². The highest BCUT2D eigenvalue weighted by atomic mass is 32.9. The van der Waals surface area contributed by atoms with Crippen molar-refractivity contribution in [2.45, 2.75) is 183 Å². The number of anilines is 2. The minimum Gasteiger partial charge on any atom is -0.397 e. The second kappa shape index (κ2) is 36.4. The summed E-state index contributed by atoms with van der Waals surface area (Å²) >= 11 is 7.99. The number of benzene rings is 1. The van der Waals surface area contributed by atoms with Crippen molar-refractivity contribution < 1.29 is 9.05 Å². The summed E-state index contributed by atoms with van der Waals surface area (Å²) in [7, 11) is 0. The number of nitrogens with one attached hydrogen (secondary N) is 2. The number of hydrazine groups is 1. The van der Waals surface area contributed by atoms with E-state index in [2.05, 4.69) is 63.1 Å². The first-order valence-corrected chi connectivity index (χ1v) is 27.5. The second-order valence-electron chi connectivity index (χ2n) is 16.3. The molecule has 8 nitrogen and oxygen atoms in total. The highest BCUT2D eigenvalue weighted by Crippen LogP contribution is 2.62. The van der Waals surface area contributed by atoms with E-state index in [9.17, 15) is 0 Å². The van der Waals surface area contributed by atoms with Gasteiger partial charge in [0.25, 0.3) is 0 Å². The number of hydrogen-bond acceptors (Lipinski definition) is 10. The Hall–Kier alpha value is -0.420. The van der Waals surface area contributed by atoms with Crippen molar-refractivity contribution in [3.63, 3.8) is 0 Å². The molecule has 0 aromatic heterocycles. The van der Waals surface area contributed by atoms with Crippen LogP contribution >= 0.6 is 17.1 Å². The van der Waals surface area contributed by atoms with E-state index < -0.39 is 5.69 Å². The van der Waals surface area contributed by atoms with Crippen LogP contribution in [0, 0.1) is 18.8 Å². The molecule has 2 unspecified atom stereocenters. The molecule has 11 heteroatoms. The van der Waals surface area contributed by atoms with Crippen molar-refractivity contribution in [3.05, 3.63) is 23.8 Å². The first kappa shape index (κ1) is 53.6. The minimum atomic E-state index is -2.58. The Morgan fingerprint density at radius 2 is 1.16 bits per heavy atom. The molecule has 0 saturated heterocycles. The van der Waals surface area contributed by atoms with Crippen LogP contribution < -0.4 is 27.2 Å². The number of aryl methyl sites for hydroxylation is 1. The molecule has 0 spiro atoms. The number of unbranched alkanes of at least 4 members (excludes halogenated alkanes) is 13. The van der Waals surface area contributed by atoms with Gasteiger partial charge in [-0.3, -0.25) is 9.91 Å². The molecular formula is C45H91N6O2PS2. The molecule has 1 aromatic carbocycles. The maximum Gasteiger partial charge on any atom is 0.248 e. The fourth-order valence-electron chi connectivity index (χ4n) is 6.96. The number of nitrogen functional groups attached to an aromatic ring is 1. The monoisotopic (exact) mass is 843 g/mol. The normalized spacial score (nSPS) is 14.0. The zero-order chi connectivity index (χ0) is 41.1. The zero-order valence-electron chi connectivity index (χ0n) is 37.4. The van der Waals surface area contributed by atoms with Crippen molar-refractivity contribution in [2.75, 3.05) is 69.2 Å². The average molecular weight is 843 g/mol. The molecule has 0 fully saturated rings. The van der Waals surface area contributed by atoms with Gasteiger partial charge in [-0.05, 0) is 107 Å². The molecule has 6 N–H and O–H groups in total. The van der Waals surface area contributed by atoms with E-state index in [1.807, 2.05) is 12.1 Å². The Bertz CT molecular complexity index is 1070. The van der Waals surface area contributed by atoms with Gasteiger partial charge in [-0.2, -0.15) is 0 Å². The van der Waals surface area contributed by atoms with Crippen LogP contribution in [0.25, 0.3) is 0 Å². The molecule has 0 heterocycles. The van der Waals surface area contributed by atoms with Crippen molar-refractivity contribution in [1.82, 2.24) is 15.5 Å². The van der Waals surface area contributed by atoms with Gasteiger partial charge in [-0.1, -0.05) is 161 Å². The predicted molar refractivity (Wildman–Crippen MR) is 255 cm³/mol.